The molecule has 2 atom stereocenters. The van der Waals surface area contributed by atoms with Gasteiger partial charge in [0, 0.05) is 5.56 Å². The lowest BCUT2D eigenvalue weighted by atomic mass is 9.87. The fourth-order valence-corrected chi connectivity index (χ4v) is 2.92. The number of hydrogen-bond acceptors (Lipinski definition) is 5. The molecule has 0 aliphatic carbocycles. The van der Waals surface area contributed by atoms with E-state index in [-0.39, 0.29) is 11.3 Å². The molecular weight excluding hydrogens is 311 g/mol. The minimum atomic E-state index is -5.47. The molecule has 1 aromatic carbocycles. The van der Waals surface area contributed by atoms with Gasteiger partial charge in [-0.15, -0.1) is 0 Å². The molecule has 0 saturated carbocycles. The molecule has 0 bridgehead atoms. The number of rotatable bonds is 1. The molecule has 0 fully saturated rings. The molecule has 0 radical (unpaired) electrons. The summed E-state index contributed by atoms with van der Waals surface area (Å²) >= 11 is 0. The highest BCUT2D eigenvalue weighted by molar-refractivity contribution is 7.92. The number of aliphatic hydroxyl groups is 1. The summed E-state index contributed by atoms with van der Waals surface area (Å²) < 4.78 is 65.9. The standard InChI is InChI=1S/C12H14F3NO4S/c1-11(2)10(17)9(16)7-5-6(3-4-8(7)20-11)21(18,19)12(13,14)15/h3-5,9-10,17H,16H2,1-2H3/t9-,10+/m0/s1. The Morgan fingerprint density at radius 2 is 1.90 bits per heavy atom. The van der Waals surface area contributed by atoms with E-state index in [0.29, 0.717) is 0 Å². The van der Waals surface area contributed by atoms with Crippen LogP contribution in [-0.2, 0) is 9.84 Å². The Morgan fingerprint density at radius 1 is 1.33 bits per heavy atom. The van der Waals surface area contributed by atoms with Crippen molar-refractivity contribution in [2.45, 2.75) is 42.0 Å². The van der Waals surface area contributed by atoms with Crippen LogP contribution >= 0.6 is 0 Å². The topological polar surface area (TPSA) is 89.6 Å². The van der Waals surface area contributed by atoms with E-state index in [2.05, 4.69) is 0 Å². The van der Waals surface area contributed by atoms with Gasteiger partial charge in [-0.3, -0.25) is 0 Å². The number of ether oxygens (including phenoxy) is 1. The van der Waals surface area contributed by atoms with Gasteiger partial charge in [0.2, 0.25) is 0 Å². The number of alkyl halides is 3. The van der Waals surface area contributed by atoms with Crippen LogP contribution in [0.2, 0.25) is 0 Å². The summed E-state index contributed by atoms with van der Waals surface area (Å²) in [4.78, 5) is -0.931. The summed E-state index contributed by atoms with van der Waals surface area (Å²) in [5.74, 6) is 0.152. The molecule has 1 heterocycles. The van der Waals surface area contributed by atoms with E-state index < -0.39 is 38.0 Å². The van der Waals surface area contributed by atoms with Crippen molar-refractivity contribution in [1.82, 2.24) is 0 Å². The summed E-state index contributed by atoms with van der Waals surface area (Å²) in [6, 6.07) is 1.66. The minimum absolute atomic E-state index is 0.0205. The first kappa shape index (κ1) is 16.1. The first-order chi connectivity index (χ1) is 9.38. The molecule has 0 aromatic heterocycles. The zero-order valence-corrected chi connectivity index (χ0v) is 12.0. The van der Waals surface area contributed by atoms with Crippen molar-refractivity contribution < 1.29 is 31.4 Å². The van der Waals surface area contributed by atoms with E-state index >= 15 is 0 Å². The molecule has 3 N–H and O–H groups in total. The Kier molecular flexibility index (Phi) is 3.51. The first-order valence-electron chi connectivity index (χ1n) is 5.96. The molecule has 9 heteroatoms. The smallest absolute Gasteiger partial charge is 0.485 e. The van der Waals surface area contributed by atoms with Crippen molar-refractivity contribution in [2.75, 3.05) is 0 Å². The quantitative estimate of drug-likeness (QED) is 0.817. The lowest BCUT2D eigenvalue weighted by molar-refractivity contribution is -0.0574. The summed E-state index contributed by atoms with van der Waals surface area (Å²) in [5.41, 5.74) is -0.634. The van der Waals surface area contributed by atoms with E-state index in [1.54, 1.807) is 13.8 Å². The average molecular weight is 325 g/mol. The SMILES string of the molecule is CC1(C)Oc2ccc(S(=O)(=O)C(F)(F)F)cc2[C@H](N)[C@H]1O. The molecule has 0 saturated heterocycles. The molecule has 118 valence electrons. The second-order valence-corrected chi connectivity index (χ2v) is 7.27. The maximum Gasteiger partial charge on any atom is 0.501 e. The van der Waals surface area contributed by atoms with Crippen molar-refractivity contribution in [3.8, 4) is 5.75 Å². The number of benzene rings is 1. The molecule has 1 aliphatic rings. The van der Waals surface area contributed by atoms with Crippen LogP contribution in [0.3, 0.4) is 0 Å². The zero-order chi connectivity index (χ0) is 16.2. The molecule has 21 heavy (non-hydrogen) atoms. The van der Waals surface area contributed by atoms with E-state index in [4.69, 9.17) is 10.5 Å². The molecule has 1 aliphatic heterocycles. The average Bonchev–Trinajstić information content (AvgIpc) is 2.34. The maximum atomic E-state index is 12.5. The molecule has 0 unspecified atom stereocenters. The Hall–Kier alpha value is -1.32. The molecule has 2 rings (SSSR count). The third-order valence-corrected chi connectivity index (χ3v) is 4.86. The Bertz CT molecular complexity index is 670. The second-order valence-electron chi connectivity index (χ2n) is 5.32. The van der Waals surface area contributed by atoms with Crippen LogP contribution < -0.4 is 10.5 Å². The van der Waals surface area contributed by atoms with Gasteiger partial charge < -0.3 is 15.6 Å². The zero-order valence-electron chi connectivity index (χ0n) is 11.2. The minimum Gasteiger partial charge on any atom is -0.485 e. The van der Waals surface area contributed by atoms with Gasteiger partial charge in [-0.1, -0.05) is 0 Å². The highest BCUT2D eigenvalue weighted by Crippen LogP contribution is 2.41. The predicted octanol–water partition coefficient (Wildman–Crippen LogP) is 1.51. The molecule has 0 amide bonds. The number of hydrogen-bond donors (Lipinski definition) is 2. The monoisotopic (exact) mass is 325 g/mol. The maximum absolute atomic E-state index is 12.5. The van der Waals surface area contributed by atoms with Gasteiger partial charge in [-0.25, -0.2) is 8.42 Å². The summed E-state index contributed by atoms with van der Waals surface area (Å²) in [5, 5.41) is 9.98. The molecule has 5 nitrogen and oxygen atoms in total. The molecule has 0 spiro atoms. The number of sulfone groups is 1. The van der Waals surface area contributed by atoms with Crippen LogP contribution in [0.1, 0.15) is 25.5 Å². The van der Waals surface area contributed by atoms with Crippen molar-refractivity contribution in [1.29, 1.82) is 0 Å². The van der Waals surface area contributed by atoms with Gasteiger partial charge in [0.1, 0.15) is 17.5 Å². The second kappa shape index (κ2) is 4.59. The van der Waals surface area contributed by atoms with E-state index in [1.165, 1.54) is 0 Å². The lowest BCUT2D eigenvalue weighted by Crippen LogP contribution is -2.51. The fraction of sp³-hybridized carbons (Fsp3) is 0.500. The van der Waals surface area contributed by atoms with E-state index in [1.807, 2.05) is 0 Å². The molecule has 1 aromatic rings. The highest BCUT2D eigenvalue weighted by atomic mass is 32.2. The summed E-state index contributed by atoms with van der Waals surface area (Å²) in [7, 11) is -5.47. The Morgan fingerprint density at radius 3 is 2.43 bits per heavy atom. The number of aliphatic hydroxyl groups excluding tert-OH is 1. The van der Waals surface area contributed by atoms with Gasteiger partial charge in [0.15, 0.2) is 0 Å². The van der Waals surface area contributed by atoms with Crippen LogP contribution in [0.25, 0.3) is 0 Å². The normalized spacial score (nSPS) is 25.1. The van der Waals surface area contributed by atoms with Gasteiger partial charge in [-0.2, -0.15) is 13.2 Å². The van der Waals surface area contributed by atoms with Crippen molar-refractivity contribution in [3.05, 3.63) is 23.8 Å². The van der Waals surface area contributed by atoms with Crippen molar-refractivity contribution >= 4 is 9.84 Å². The van der Waals surface area contributed by atoms with Crippen LogP contribution in [-0.4, -0.2) is 30.7 Å². The van der Waals surface area contributed by atoms with Gasteiger partial charge in [0.25, 0.3) is 9.84 Å². The van der Waals surface area contributed by atoms with E-state index in [0.717, 1.165) is 18.2 Å². The Labute approximate surface area is 119 Å². The third-order valence-electron chi connectivity index (χ3n) is 3.38. The molecular formula is C12H14F3NO4S. The fourth-order valence-electron chi connectivity index (χ4n) is 2.13. The number of halogens is 3. The first-order valence-corrected chi connectivity index (χ1v) is 7.44. The lowest BCUT2D eigenvalue weighted by Gasteiger charge is -2.40. The van der Waals surface area contributed by atoms with Crippen molar-refractivity contribution in [2.24, 2.45) is 5.73 Å². The summed E-state index contributed by atoms with van der Waals surface area (Å²) in [6.45, 7) is 3.14. The third kappa shape index (κ3) is 2.49. The van der Waals surface area contributed by atoms with Gasteiger partial charge in [0.05, 0.1) is 10.9 Å². The van der Waals surface area contributed by atoms with Crippen LogP contribution in [0, 0.1) is 0 Å². The van der Waals surface area contributed by atoms with Crippen LogP contribution in [0.15, 0.2) is 23.1 Å². The van der Waals surface area contributed by atoms with Crippen molar-refractivity contribution in [3.63, 3.8) is 0 Å². The van der Waals surface area contributed by atoms with Gasteiger partial charge in [-0.05, 0) is 32.0 Å². The number of fused-ring (bicyclic) bond motifs is 1. The highest BCUT2D eigenvalue weighted by Gasteiger charge is 2.48. The van der Waals surface area contributed by atoms with Crippen LogP contribution in [0.4, 0.5) is 13.2 Å². The predicted molar refractivity (Wildman–Crippen MR) is 67.3 cm³/mol. The van der Waals surface area contributed by atoms with Crippen LogP contribution in [0.5, 0.6) is 5.75 Å². The van der Waals surface area contributed by atoms with E-state index in [9.17, 15) is 26.7 Å². The summed E-state index contributed by atoms with van der Waals surface area (Å²) in [6.07, 6.45) is -1.19. The Balaban J connectivity index is 2.56. The largest absolute Gasteiger partial charge is 0.501 e. The van der Waals surface area contributed by atoms with Gasteiger partial charge >= 0.3 is 5.51 Å². The number of nitrogens with two attached hydrogens (primary N) is 1.